The first kappa shape index (κ1) is 51.5. The number of aliphatic hydroxyl groups excluding tert-OH is 2. The van der Waals surface area contributed by atoms with E-state index >= 15 is 0 Å². The number of phenolic OH excluding ortho intramolecular Hbond substituents is 1. The van der Waals surface area contributed by atoms with Gasteiger partial charge in [-0.15, -0.1) is 0 Å². The van der Waals surface area contributed by atoms with Gasteiger partial charge in [0.2, 0.25) is 0 Å². The van der Waals surface area contributed by atoms with Crippen molar-refractivity contribution in [2.75, 3.05) is 56.8 Å². The van der Waals surface area contributed by atoms with E-state index in [9.17, 15) is 34.5 Å². The highest BCUT2D eigenvalue weighted by Gasteiger charge is 2.49. The molecule has 17 nitrogen and oxygen atoms in total. The maximum absolute atomic E-state index is 14.8. The molecule has 368 valence electrons. The number of hydrogen-bond donors (Lipinski definition) is 4. The Morgan fingerprint density at radius 3 is 2.25 bits per heavy atom. The summed E-state index contributed by atoms with van der Waals surface area (Å²) in [7, 11) is 1.45. The molecule has 9 atom stereocenters. The number of aromatic hydroxyl groups is 1. The van der Waals surface area contributed by atoms with Crippen LogP contribution in [0.1, 0.15) is 78.2 Å². The van der Waals surface area contributed by atoms with E-state index in [1.54, 1.807) is 58.9 Å². The van der Waals surface area contributed by atoms with Crippen molar-refractivity contribution < 1.29 is 62.5 Å². The van der Waals surface area contributed by atoms with Gasteiger partial charge < -0.3 is 58.4 Å². The Hall–Kier alpha value is -5.85. The fourth-order valence-corrected chi connectivity index (χ4v) is 9.00. The molecule has 0 radical (unpaired) electrons. The number of nitrogens with one attached hydrogen (secondary N) is 1. The van der Waals surface area contributed by atoms with Crippen LogP contribution in [0.3, 0.4) is 0 Å². The van der Waals surface area contributed by atoms with Crippen LogP contribution in [-0.4, -0.2) is 115 Å². The highest BCUT2D eigenvalue weighted by Crippen LogP contribution is 2.48. The molecule has 0 aliphatic carbocycles. The van der Waals surface area contributed by atoms with Crippen molar-refractivity contribution in [3.63, 3.8) is 0 Å². The van der Waals surface area contributed by atoms with E-state index in [0.29, 0.717) is 45.0 Å². The lowest BCUT2D eigenvalue weighted by Crippen LogP contribution is -2.46. The number of Topliss-reactive ketones (excluding diaryl/α,β-unsaturated/α-hetero) is 1. The maximum atomic E-state index is 14.8. The number of allylic oxidation sites excluding steroid dienone is 2. The zero-order valence-corrected chi connectivity index (χ0v) is 40.7. The fourth-order valence-electron chi connectivity index (χ4n) is 9.00. The summed E-state index contributed by atoms with van der Waals surface area (Å²) in [5.41, 5.74) is 0.309. The minimum atomic E-state index is -2.06. The van der Waals surface area contributed by atoms with Gasteiger partial charge in [-0.05, 0) is 45.9 Å². The molecule has 1 aromatic heterocycles. The smallest absolute Gasteiger partial charge is 0.312 e. The molecule has 0 spiro atoms. The summed E-state index contributed by atoms with van der Waals surface area (Å²) in [6.45, 7) is 19.5. The second-order valence-electron chi connectivity index (χ2n) is 17.8. The zero-order valence-electron chi connectivity index (χ0n) is 40.7. The SMILES string of the molecule is CCOCCN(CCOCC)c1ccc2nc3c(oc2c1)c1c(O)c2c(=O)c(C)c4c(c23)C(=O)[C@@](C)(O/C=C\[C@H](OC)[C@@H](C)[C@@H](OC(C)=O)[C@H](C)[C@H](O)[C@H](C)[C@@H](O)[C@@H](C)/C=C/C=C(\C)C(=O)N1)O4. The number of esters is 1. The molecule has 3 aromatic carbocycles. The first-order chi connectivity index (χ1) is 32.3. The molecular weight excluding hydrogens is 879 g/mol. The number of anilines is 2. The summed E-state index contributed by atoms with van der Waals surface area (Å²) in [6, 6.07) is 5.36. The molecule has 2 aliphatic heterocycles. The number of ether oxygens (including phenoxy) is 6. The number of amides is 1. The highest BCUT2D eigenvalue weighted by molar-refractivity contribution is 6.26. The first-order valence-electron chi connectivity index (χ1n) is 23.1. The van der Waals surface area contributed by atoms with Crippen LogP contribution in [0, 0.1) is 30.6 Å². The number of hydrogen-bond acceptors (Lipinski definition) is 16. The van der Waals surface area contributed by atoms with Crippen molar-refractivity contribution in [3.8, 4) is 11.5 Å². The van der Waals surface area contributed by atoms with Gasteiger partial charge in [0.25, 0.3) is 11.7 Å². The lowest BCUT2D eigenvalue weighted by atomic mass is 9.78. The van der Waals surface area contributed by atoms with Crippen molar-refractivity contribution in [2.45, 2.75) is 99.4 Å². The number of aliphatic hydroxyl groups is 2. The van der Waals surface area contributed by atoms with E-state index in [1.165, 1.54) is 46.3 Å². The highest BCUT2D eigenvalue weighted by atomic mass is 16.7. The molecule has 0 saturated carbocycles. The van der Waals surface area contributed by atoms with Gasteiger partial charge in [-0.3, -0.25) is 19.2 Å². The lowest BCUT2D eigenvalue weighted by Gasteiger charge is -2.38. The molecule has 4 N–H and O–H groups in total. The molecule has 5 bridgehead atoms. The van der Waals surface area contributed by atoms with Crippen LogP contribution >= 0.6 is 0 Å². The normalized spacial score (nSPS) is 27.7. The molecule has 4 aromatic rings. The second kappa shape index (κ2) is 21.6. The van der Waals surface area contributed by atoms with Gasteiger partial charge in [-0.2, -0.15) is 0 Å². The molecule has 68 heavy (non-hydrogen) atoms. The van der Waals surface area contributed by atoms with Crippen molar-refractivity contribution in [3.05, 3.63) is 75.7 Å². The number of benzene rings is 3. The van der Waals surface area contributed by atoms with E-state index in [-0.39, 0.29) is 55.6 Å². The fraction of sp³-hybridized carbons (Fsp3) is 0.510. The molecule has 0 unspecified atom stereocenters. The number of fused-ring (bicyclic) bond motifs is 5. The predicted molar refractivity (Wildman–Crippen MR) is 257 cm³/mol. The van der Waals surface area contributed by atoms with E-state index in [0.717, 1.165) is 5.69 Å². The van der Waals surface area contributed by atoms with Gasteiger partial charge in [-0.25, -0.2) is 4.98 Å². The summed E-state index contributed by atoms with van der Waals surface area (Å²) in [5, 5.41) is 37.7. The van der Waals surface area contributed by atoms with Crippen molar-refractivity contribution in [1.82, 2.24) is 4.98 Å². The third-order valence-electron chi connectivity index (χ3n) is 13.1. The largest absolute Gasteiger partial charge is 0.505 e. The van der Waals surface area contributed by atoms with Crippen molar-refractivity contribution in [2.24, 2.45) is 23.7 Å². The third-order valence-corrected chi connectivity index (χ3v) is 13.1. The Morgan fingerprint density at radius 1 is 0.941 bits per heavy atom. The lowest BCUT2D eigenvalue weighted by molar-refractivity contribution is -0.160. The Kier molecular flexibility index (Phi) is 16.4. The summed E-state index contributed by atoms with van der Waals surface area (Å²) in [5.74, 6) is -7.30. The van der Waals surface area contributed by atoms with Gasteiger partial charge in [0, 0.05) is 99.2 Å². The molecule has 0 saturated heterocycles. The van der Waals surface area contributed by atoms with E-state index in [1.807, 2.05) is 19.9 Å². The molecular formula is C51H65N3O14. The van der Waals surface area contributed by atoms with Gasteiger partial charge in [-0.1, -0.05) is 45.9 Å². The topological polar surface area (TPSA) is 226 Å². The quantitative estimate of drug-likeness (QED) is 0.0395. The number of carbonyl (C=O) groups is 3. The van der Waals surface area contributed by atoms with Crippen LogP contribution < -0.4 is 20.4 Å². The number of carbonyl (C=O) groups excluding carboxylic acids is 3. The van der Waals surface area contributed by atoms with Crippen LogP contribution in [0.4, 0.5) is 11.4 Å². The number of phenols is 1. The Bertz CT molecular complexity index is 2680. The van der Waals surface area contributed by atoms with Gasteiger partial charge in [0.05, 0.1) is 48.7 Å². The number of nitrogens with zero attached hydrogens (tertiary/aromatic N) is 2. The van der Waals surface area contributed by atoms with Crippen molar-refractivity contribution in [1.29, 1.82) is 0 Å². The number of rotatable bonds is 11. The Balaban J connectivity index is 1.59. The predicted octanol–water partition coefficient (Wildman–Crippen LogP) is 6.88. The van der Waals surface area contributed by atoms with Crippen LogP contribution in [0.5, 0.6) is 11.5 Å². The monoisotopic (exact) mass is 943 g/mol. The summed E-state index contributed by atoms with van der Waals surface area (Å²) < 4.78 is 41.9. The van der Waals surface area contributed by atoms with E-state index in [2.05, 4.69) is 10.2 Å². The molecule has 1 amide bonds. The van der Waals surface area contributed by atoms with E-state index in [4.69, 9.17) is 37.8 Å². The van der Waals surface area contributed by atoms with Crippen LogP contribution in [0.15, 0.2) is 63.6 Å². The Labute approximate surface area is 395 Å². The summed E-state index contributed by atoms with van der Waals surface area (Å²) in [4.78, 5) is 62.8. The van der Waals surface area contributed by atoms with E-state index < -0.39 is 82.7 Å². The Morgan fingerprint density at radius 2 is 1.62 bits per heavy atom. The number of aromatic nitrogens is 1. The zero-order chi connectivity index (χ0) is 49.8. The van der Waals surface area contributed by atoms with Gasteiger partial charge >= 0.3 is 11.8 Å². The summed E-state index contributed by atoms with van der Waals surface area (Å²) >= 11 is 0. The average molecular weight is 944 g/mol. The van der Waals surface area contributed by atoms with Gasteiger partial charge in [0.1, 0.15) is 28.6 Å². The first-order valence-corrected chi connectivity index (χ1v) is 23.1. The van der Waals surface area contributed by atoms with Crippen LogP contribution in [-0.2, 0) is 33.3 Å². The molecule has 0 fully saturated rings. The molecule has 17 heteroatoms. The second-order valence-corrected chi connectivity index (χ2v) is 17.8. The number of ketones is 1. The summed E-state index contributed by atoms with van der Waals surface area (Å²) in [6.07, 6.45) is 3.60. The standard InChI is InChI=1S/C51H65N3O14/c1-12-63-23-20-54(21-24-64-13-2)33-17-18-34-36(25-33)67-48-40(52-34)37-38-44(58)31(8)47-39(37)49(60)51(10,68-47)65-22-19-35(62-11)28(5)46(66-32(9)55)30(7)43(57)29(6)42(56)26(3)15-14-16-27(4)50(61)53-41(48)45(38)59/h14-19,22,25-26,28-30,35,42-43,46,56-57,59H,12-13,20-21,23-24H2,1-11H3,(H,53,61)/b15-14+,22-19-,27-16+/t26-,28+,29+,30+,35-,42-,43+,46+,51-/m0/s1. The van der Waals surface area contributed by atoms with Crippen LogP contribution in [0.2, 0.25) is 0 Å². The number of methoxy groups -OCH3 is 1. The molecule has 6 rings (SSSR count). The minimum absolute atomic E-state index is 0.0110. The van der Waals surface area contributed by atoms with Gasteiger partial charge in [0.15, 0.2) is 22.3 Å². The van der Waals surface area contributed by atoms with Crippen molar-refractivity contribution >= 4 is 62.0 Å². The molecule has 3 heterocycles. The minimum Gasteiger partial charge on any atom is -0.505 e. The molecule has 2 aliphatic rings. The average Bonchev–Trinajstić information content (AvgIpc) is 3.58. The third kappa shape index (κ3) is 10.3. The van der Waals surface area contributed by atoms with Crippen LogP contribution in [0.25, 0.3) is 33.0 Å². The maximum Gasteiger partial charge on any atom is 0.312 e.